The SMILES string of the molecule is C=C(C)NC(=NC1CCCC1)/C(C(=N)c1ccc(Oc2ccccc2)cc1)=C(\C)N.CCC. The molecule has 1 aliphatic carbocycles. The van der Waals surface area contributed by atoms with Crippen molar-refractivity contribution in [2.45, 2.75) is 65.8 Å². The largest absolute Gasteiger partial charge is 0.457 e. The van der Waals surface area contributed by atoms with Gasteiger partial charge in [-0.15, -0.1) is 0 Å². The summed E-state index contributed by atoms with van der Waals surface area (Å²) in [6, 6.07) is 17.4. The molecule has 0 aromatic heterocycles. The van der Waals surface area contributed by atoms with Gasteiger partial charge < -0.3 is 15.8 Å². The minimum atomic E-state index is 0.260. The Hall–Kier alpha value is -3.34. The van der Waals surface area contributed by atoms with Crippen LogP contribution in [-0.4, -0.2) is 17.6 Å². The van der Waals surface area contributed by atoms with Gasteiger partial charge in [-0.2, -0.15) is 0 Å². The molecule has 5 heteroatoms. The highest BCUT2D eigenvalue weighted by molar-refractivity contribution is 6.29. The van der Waals surface area contributed by atoms with Crippen LogP contribution < -0.4 is 15.8 Å². The summed E-state index contributed by atoms with van der Waals surface area (Å²) in [4.78, 5) is 4.90. The summed E-state index contributed by atoms with van der Waals surface area (Å²) in [5.41, 5.74) is 9.23. The van der Waals surface area contributed by atoms with E-state index in [2.05, 4.69) is 25.7 Å². The molecular formula is C28H38N4O. The summed E-state index contributed by atoms with van der Waals surface area (Å²) in [6.45, 7) is 11.9. The van der Waals surface area contributed by atoms with Gasteiger partial charge in [0.1, 0.15) is 17.3 Å². The van der Waals surface area contributed by atoms with Crippen LogP contribution in [0.15, 0.2) is 83.1 Å². The summed E-state index contributed by atoms with van der Waals surface area (Å²) >= 11 is 0. The molecule has 3 rings (SSSR count). The van der Waals surface area contributed by atoms with E-state index in [1.165, 1.54) is 19.3 Å². The van der Waals surface area contributed by atoms with Gasteiger partial charge in [0.2, 0.25) is 0 Å². The first-order valence-electron chi connectivity index (χ1n) is 11.7. The zero-order valence-electron chi connectivity index (χ0n) is 20.4. The Morgan fingerprint density at radius 3 is 2.09 bits per heavy atom. The summed E-state index contributed by atoms with van der Waals surface area (Å²) in [5, 5.41) is 12.1. The predicted molar refractivity (Wildman–Crippen MR) is 140 cm³/mol. The van der Waals surface area contributed by atoms with Crippen molar-refractivity contribution in [2.75, 3.05) is 0 Å². The van der Waals surface area contributed by atoms with Crippen LogP contribution in [0.25, 0.3) is 0 Å². The topological polar surface area (TPSA) is 83.5 Å². The van der Waals surface area contributed by atoms with Gasteiger partial charge in [0.25, 0.3) is 0 Å². The third-order valence-electron chi connectivity index (χ3n) is 4.97. The van der Waals surface area contributed by atoms with E-state index in [0.717, 1.165) is 29.9 Å². The molecule has 0 saturated heterocycles. The Morgan fingerprint density at radius 2 is 1.58 bits per heavy atom. The number of aliphatic imine (C=N–C) groups is 1. The van der Waals surface area contributed by atoms with Crippen molar-refractivity contribution in [3.05, 3.63) is 83.7 Å². The number of hydrogen-bond donors (Lipinski definition) is 3. The van der Waals surface area contributed by atoms with Gasteiger partial charge in [0, 0.05) is 17.0 Å². The van der Waals surface area contributed by atoms with E-state index in [-0.39, 0.29) is 6.04 Å². The van der Waals surface area contributed by atoms with Crippen LogP contribution in [0.1, 0.15) is 65.4 Å². The van der Waals surface area contributed by atoms with Crippen molar-refractivity contribution < 1.29 is 4.74 Å². The highest BCUT2D eigenvalue weighted by Crippen LogP contribution is 2.24. The van der Waals surface area contributed by atoms with Gasteiger partial charge in [-0.05, 0) is 63.1 Å². The van der Waals surface area contributed by atoms with Crippen molar-refractivity contribution in [3.8, 4) is 11.5 Å². The number of benzene rings is 2. The van der Waals surface area contributed by atoms with Crippen molar-refractivity contribution in [3.63, 3.8) is 0 Å². The molecule has 0 radical (unpaired) electrons. The minimum Gasteiger partial charge on any atom is -0.457 e. The van der Waals surface area contributed by atoms with Crippen LogP contribution in [-0.2, 0) is 0 Å². The molecule has 2 aromatic rings. The highest BCUT2D eigenvalue weighted by Gasteiger charge is 2.21. The molecule has 1 fully saturated rings. The molecule has 0 aliphatic heterocycles. The maximum Gasteiger partial charge on any atom is 0.136 e. The van der Waals surface area contributed by atoms with Gasteiger partial charge in [-0.25, -0.2) is 0 Å². The molecule has 0 spiro atoms. The number of nitrogens with one attached hydrogen (secondary N) is 2. The summed E-state index contributed by atoms with van der Waals surface area (Å²) in [6.07, 6.45) is 5.76. The van der Waals surface area contributed by atoms with Gasteiger partial charge in [-0.1, -0.05) is 57.9 Å². The summed E-state index contributed by atoms with van der Waals surface area (Å²) < 4.78 is 5.85. The van der Waals surface area contributed by atoms with E-state index in [4.69, 9.17) is 20.9 Å². The molecular weight excluding hydrogens is 408 g/mol. The fourth-order valence-corrected chi connectivity index (χ4v) is 3.54. The van der Waals surface area contributed by atoms with E-state index < -0.39 is 0 Å². The predicted octanol–water partition coefficient (Wildman–Crippen LogP) is 6.96. The fraction of sp³-hybridized carbons (Fsp3) is 0.357. The first-order chi connectivity index (χ1) is 15.8. The van der Waals surface area contributed by atoms with Crippen LogP contribution in [0.5, 0.6) is 11.5 Å². The lowest BCUT2D eigenvalue weighted by atomic mass is 9.99. The lowest BCUT2D eigenvalue weighted by Gasteiger charge is -2.18. The van der Waals surface area contributed by atoms with Crippen LogP contribution >= 0.6 is 0 Å². The molecule has 0 heterocycles. The number of para-hydroxylation sites is 1. The molecule has 2 aromatic carbocycles. The molecule has 4 N–H and O–H groups in total. The average Bonchev–Trinajstić information content (AvgIpc) is 3.28. The molecule has 1 aliphatic rings. The van der Waals surface area contributed by atoms with Crippen LogP contribution in [0.3, 0.4) is 0 Å². The summed E-state index contributed by atoms with van der Waals surface area (Å²) in [5.74, 6) is 2.12. The number of ether oxygens (including phenoxy) is 1. The Bertz CT molecular complexity index is 965. The minimum absolute atomic E-state index is 0.260. The fourth-order valence-electron chi connectivity index (χ4n) is 3.54. The number of allylic oxidation sites excluding steroid dienone is 2. The maximum absolute atomic E-state index is 8.83. The molecule has 33 heavy (non-hydrogen) atoms. The van der Waals surface area contributed by atoms with Crippen molar-refractivity contribution >= 4 is 11.5 Å². The van der Waals surface area contributed by atoms with E-state index in [1.807, 2.05) is 61.5 Å². The monoisotopic (exact) mass is 446 g/mol. The molecule has 0 amide bonds. The molecule has 0 unspecified atom stereocenters. The zero-order chi connectivity index (χ0) is 24.2. The Morgan fingerprint density at radius 1 is 1.03 bits per heavy atom. The number of nitrogens with two attached hydrogens (primary N) is 1. The Labute approximate surface area is 199 Å². The summed E-state index contributed by atoms with van der Waals surface area (Å²) in [7, 11) is 0. The molecule has 1 saturated carbocycles. The second-order valence-corrected chi connectivity index (χ2v) is 8.40. The van der Waals surface area contributed by atoms with Crippen LogP contribution in [0.4, 0.5) is 0 Å². The van der Waals surface area contributed by atoms with Crippen LogP contribution in [0, 0.1) is 5.41 Å². The molecule has 5 nitrogen and oxygen atoms in total. The zero-order valence-corrected chi connectivity index (χ0v) is 20.4. The van der Waals surface area contributed by atoms with Crippen LogP contribution in [0.2, 0.25) is 0 Å². The standard InChI is InChI=1S/C25H30N4O.C3H8/c1-17(2)28-25(29-20-9-7-8-10-20)23(18(3)26)24(27)19-13-15-22(16-14-19)30-21-11-5-4-6-12-21;1-3-2/h4-6,11-16,20,27H,1,7-10,26H2,2-3H3,(H,28,29);3H2,1-2H3/b23-18+,27-24?;. The van der Waals surface area contributed by atoms with Crippen molar-refractivity contribution in [2.24, 2.45) is 10.7 Å². The second-order valence-electron chi connectivity index (χ2n) is 8.40. The smallest absolute Gasteiger partial charge is 0.136 e. The van der Waals surface area contributed by atoms with E-state index >= 15 is 0 Å². The third-order valence-corrected chi connectivity index (χ3v) is 4.97. The normalized spacial score (nSPS) is 14.6. The van der Waals surface area contributed by atoms with Gasteiger partial charge in [0.05, 0.1) is 17.3 Å². The number of rotatable bonds is 7. The highest BCUT2D eigenvalue weighted by atomic mass is 16.5. The quantitative estimate of drug-likeness (QED) is 0.317. The number of hydrogen-bond acceptors (Lipinski definition) is 4. The second kappa shape index (κ2) is 13.3. The molecule has 0 bridgehead atoms. The van der Waals surface area contributed by atoms with Crippen molar-refractivity contribution in [1.82, 2.24) is 5.32 Å². The Balaban J connectivity index is 0.00000122. The Kier molecular flexibility index (Phi) is 10.4. The van der Waals surface area contributed by atoms with Gasteiger partial charge >= 0.3 is 0 Å². The first kappa shape index (κ1) is 25.9. The first-order valence-corrected chi connectivity index (χ1v) is 11.7. The third kappa shape index (κ3) is 8.26. The molecule has 176 valence electrons. The van der Waals surface area contributed by atoms with Crippen molar-refractivity contribution in [1.29, 1.82) is 5.41 Å². The van der Waals surface area contributed by atoms with E-state index in [1.54, 1.807) is 6.92 Å². The number of nitrogens with zero attached hydrogens (tertiary/aromatic N) is 1. The van der Waals surface area contributed by atoms with E-state index in [0.29, 0.717) is 28.6 Å². The maximum atomic E-state index is 8.83. The number of amidine groups is 1. The lowest BCUT2D eigenvalue weighted by molar-refractivity contribution is 0.482. The van der Waals surface area contributed by atoms with E-state index in [9.17, 15) is 0 Å². The lowest BCUT2D eigenvalue weighted by Crippen LogP contribution is -2.31. The average molecular weight is 447 g/mol. The van der Waals surface area contributed by atoms with Gasteiger partial charge in [0.15, 0.2) is 0 Å². The van der Waals surface area contributed by atoms with Gasteiger partial charge in [-0.3, -0.25) is 10.4 Å². The molecule has 0 atom stereocenters.